The van der Waals surface area contributed by atoms with Crippen LogP contribution in [0.3, 0.4) is 0 Å². The Kier molecular flexibility index (Phi) is 4.13. The second-order valence-electron chi connectivity index (χ2n) is 4.30. The molecule has 4 heteroatoms. The highest BCUT2D eigenvalue weighted by Gasteiger charge is 2.03. The number of para-hydroxylation sites is 1. The summed E-state index contributed by atoms with van der Waals surface area (Å²) in [6.07, 6.45) is 1.80. The lowest BCUT2D eigenvalue weighted by atomic mass is 10.2. The van der Waals surface area contributed by atoms with Gasteiger partial charge >= 0.3 is 0 Å². The molecule has 1 aromatic carbocycles. The van der Waals surface area contributed by atoms with Crippen molar-refractivity contribution in [3.05, 3.63) is 54.4 Å². The van der Waals surface area contributed by atoms with Gasteiger partial charge in [0.25, 0.3) is 0 Å². The van der Waals surface area contributed by atoms with E-state index in [1.807, 2.05) is 31.2 Å². The first-order chi connectivity index (χ1) is 9.19. The number of rotatable bonds is 5. The van der Waals surface area contributed by atoms with Crippen molar-refractivity contribution in [2.75, 3.05) is 17.2 Å². The van der Waals surface area contributed by atoms with Gasteiger partial charge in [0.05, 0.1) is 0 Å². The van der Waals surface area contributed by atoms with Gasteiger partial charge in [0.15, 0.2) is 0 Å². The van der Waals surface area contributed by atoms with Gasteiger partial charge in [-0.2, -0.15) is 0 Å². The second-order valence-corrected chi connectivity index (χ2v) is 4.30. The Morgan fingerprint density at radius 1 is 1.16 bits per heavy atom. The molecule has 0 unspecified atom stereocenters. The van der Waals surface area contributed by atoms with E-state index in [9.17, 15) is 0 Å². The molecule has 1 aromatic heterocycles. The zero-order valence-corrected chi connectivity index (χ0v) is 11.3. The molecule has 19 heavy (non-hydrogen) atoms. The zero-order valence-electron chi connectivity index (χ0n) is 11.3. The van der Waals surface area contributed by atoms with Gasteiger partial charge in [0, 0.05) is 18.3 Å². The molecule has 0 saturated carbocycles. The van der Waals surface area contributed by atoms with Crippen LogP contribution in [0, 0.1) is 13.8 Å². The molecule has 4 nitrogen and oxygen atoms in total. The molecule has 0 bridgehead atoms. The third kappa shape index (κ3) is 3.55. The van der Waals surface area contributed by atoms with Crippen molar-refractivity contribution in [1.82, 2.24) is 9.97 Å². The van der Waals surface area contributed by atoms with Crippen LogP contribution in [0.4, 0.5) is 17.3 Å². The number of nitrogens with zero attached hydrogens (tertiary/aromatic N) is 2. The van der Waals surface area contributed by atoms with Crippen molar-refractivity contribution < 1.29 is 0 Å². The van der Waals surface area contributed by atoms with Crippen molar-refractivity contribution in [1.29, 1.82) is 0 Å². The first-order valence-corrected chi connectivity index (χ1v) is 6.22. The Morgan fingerprint density at radius 3 is 2.63 bits per heavy atom. The molecule has 0 spiro atoms. The second kappa shape index (κ2) is 6.00. The van der Waals surface area contributed by atoms with Crippen LogP contribution in [-0.2, 0) is 0 Å². The van der Waals surface area contributed by atoms with Gasteiger partial charge in [-0.05, 0) is 25.5 Å². The lowest BCUT2D eigenvalue weighted by Gasteiger charge is -2.11. The van der Waals surface area contributed by atoms with Crippen molar-refractivity contribution in [2.24, 2.45) is 0 Å². The van der Waals surface area contributed by atoms with Crippen LogP contribution in [0.5, 0.6) is 0 Å². The number of aromatic nitrogens is 2. The minimum absolute atomic E-state index is 0.681. The van der Waals surface area contributed by atoms with Crippen LogP contribution >= 0.6 is 0 Å². The van der Waals surface area contributed by atoms with Crippen molar-refractivity contribution in [3.8, 4) is 0 Å². The van der Waals surface area contributed by atoms with Crippen LogP contribution in [0.25, 0.3) is 0 Å². The SMILES string of the molecule is C=CCNc1cc(Nc2ccccc2C)nc(C)n1. The van der Waals surface area contributed by atoms with Crippen LogP contribution in [0.15, 0.2) is 43.0 Å². The van der Waals surface area contributed by atoms with Gasteiger partial charge in [0.2, 0.25) is 0 Å². The molecule has 1 heterocycles. The molecule has 2 aromatic rings. The van der Waals surface area contributed by atoms with E-state index in [0.29, 0.717) is 6.54 Å². The summed E-state index contributed by atoms with van der Waals surface area (Å²) < 4.78 is 0. The fourth-order valence-electron chi connectivity index (χ4n) is 1.75. The maximum atomic E-state index is 4.39. The number of nitrogens with one attached hydrogen (secondary N) is 2. The summed E-state index contributed by atoms with van der Waals surface area (Å²) in [7, 11) is 0. The highest BCUT2D eigenvalue weighted by Crippen LogP contribution is 2.20. The third-order valence-corrected chi connectivity index (χ3v) is 2.67. The predicted octanol–water partition coefficient (Wildman–Crippen LogP) is 3.43. The Morgan fingerprint density at radius 2 is 1.89 bits per heavy atom. The van der Waals surface area contributed by atoms with E-state index in [2.05, 4.69) is 40.2 Å². The lowest BCUT2D eigenvalue weighted by Crippen LogP contribution is -2.05. The zero-order chi connectivity index (χ0) is 13.7. The number of anilines is 3. The monoisotopic (exact) mass is 254 g/mol. The Balaban J connectivity index is 2.22. The van der Waals surface area contributed by atoms with Crippen molar-refractivity contribution in [3.63, 3.8) is 0 Å². The number of benzene rings is 1. The molecule has 0 aliphatic rings. The summed E-state index contributed by atoms with van der Waals surface area (Å²) in [6.45, 7) is 8.30. The van der Waals surface area contributed by atoms with Crippen LogP contribution in [0.2, 0.25) is 0 Å². The summed E-state index contributed by atoms with van der Waals surface area (Å²) in [5.41, 5.74) is 2.23. The highest BCUT2D eigenvalue weighted by atomic mass is 15.1. The molecule has 98 valence electrons. The molecular formula is C15H18N4. The lowest BCUT2D eigenvalue weighted by molar-refractivity contribution is 1.05. The fourth-order valence-corrected chi connectivity index (χ4v) is 1.75. The molecule has 0 saturated heterocycles. The maximum absolute atomic E-state index is 4.39. The van der Waals surface area contributed by atoms with Crippen LogP contribution in [-0.4, -0.2) is 16.5 Å². The largest absolute Gasteiger partial charge is 0.366 e. The topological polar surface area (TPSA) is 49.8 Å². The molecule has 2 N–H and O–H groups in total. The van der Waals surface area contributed by atoms with E-state index in [0.717, 1.165) is 23.1 Å². The number of aryl methyl sites for hydroxylation is 2. The summed E-state index contributed by atoms with van der Waals surface area (Å²) in [5, 5.41) is 6.48. The molecule has 2 rings (SSSR count). The standard InChI is InChI=1S/C15H18N4/c1-4-9-16-14-10-15(18-12(3)17-14)19-13-8-6-5-7-11(13)2/h4-8,10H,1,9H2,2-3H3,(H2,16,17,18,19). The van der Waals surface area contributed by atoms with Crippen LogP contribution in [0.1, 0.15) is 11.4 Å². The maximum Gasteiger partial charge on any atom is 0.136 e. The van der Waals surface area contributed by atoms with Gasteiger partial charge in [-0.3, -0.25) is 0 Å². The summed E-state index contributed by atoms with van der Waals surface area (Å²) in [5.74, 6) is 2.31. The van der Waals surface area contributed by atoms with E-state index >= 15 is 0 Å². The average molecular weight is 254 g/mol. The fraction of sp³-hybridized carbons (Fsp3) is 0.200. The third-order valence-electron chi connectivity index (χ3n) is 2.67. The van der Waals surface area contributed by atoms with Gasteiger partial charge in [-0.25, -0.2) is 9.97 Å². The molecule has 0 radical (unpaired) electrons. The summed E-state index contributed by atoms with van der Waals surface area (Å²) in [4.78, 5) is 8.72. The quantitative estimate of drug-likeness (QED) is 0.802. The molecule has 0 fully saturated rings. The minimum atomic E-state index is 0.681. The Labute approximate surface area is 113 Å². The number of hydrogen-bond acceptors (Lipinski definition) is 4. The van der Waals surface area contributed by atoms with Gasteiger partial charge < -0.3 is 10.6 Å². The summed E-state index contributed by atoms with van der Waals surface area (Å²) in [6, 6.07) is 10.0. The van der Waals surface area contributed by atoms with Crippen molar-refractivity contribution in [2.45, 2.75) is 13.8 Å². The van der Waals surface area contributed by atoms with E-state index in [1.54, 1.807) is 6.08 Å². The first kappa shape index (κ1) is 13.1. The normalized spacial score (nSPS) is 10.0. The molecule has 0 amide bonds. The van der Waals surface area contributed by atoms with Gasteiger partial charge in [-0.1, -0.05) is 24.3 Å². The molecular weight excluding hydrogens is 236 g/mol. The first-order valence-electron chi connectivity index (χ1n) is 6.22. The predicted molar refractivity (Wildman–Crippen MR) is 79.9 cm³/mol. The molecule has 0 aliphatic heterocycles. The van der Waals surface area contributed by atoms with Crippen LogP contribution < -0.4 is 10.6 Å². The van der Waals surface area contributed by atoms with E-state index in [4.69, 9.17) is 0 Å². The molecule has 0 atom stereocenters. The van der Waals surface area contributed by atoms with Gasteiger partial charge in [-0.15, -0.1) is 6.58 Å². The van der Waals surface area contributed by atoms with E-state index in [1.165, 1.54) is 5.56 Å². The minimum Gasteiger partial charge on any atom is -0.366 e. The highest BCUT2D eigenvalue weighted by molar-refractivity contribution is 5.62. The smallest absolute Gasteiger partial charge is 0.136 e. The summed E-state index contributed by atoms with van der Waals surface area (Å²) >= 11 is 0. The van der Waals surface area contributed by atoms with Gasteiger partial charge in [0.1, 0.15) is 17.5 Å². The van der Waals surface area contributed by atoms with E-state index < -0.39 is 0 Å². The Hall–Kier alpha value is -2.36. The van der Waals surface area contributed by atoms with Crippen molar-refractivity contribution >= 4 is 17.3 Å². The average Bonchev–Trinajstić information content (AvgIpc) is 2.38. The molecule has 0 aliphatic carbocycles. The number of hydrogen-bond donors (Lipinski definition) is 2. The Bertz CT molecular complexity index is 578. The van der Waals surface area contributed by atoms with E-state index in [-0.39, 0.29) is 0 Å².